The van der Waals surface area contributed by atoms with E-state index in [0.29, 0.717) is 5.56 Å². The molecule has 2 amide bonds. The molecule has 0 aromatic heterocycles. The monoisotopic (exact) mass is 471 g/mol. The van der Waals surface area contributed by atoms with Gasteiger partial charge in [-0.25, -0.2) is 0 Å². The van der Waals surface area contributed by atoms with Crippen molar-refractivity contribution < 1.29 is 19.0 Å². The largest absolute Gasteiger partial charge is 0.497 e. The Morgan fingerprint density at radius 3 is 2.26 bits per heavy atom. The molecule has 1 aliphatic heterocycles. The molecule has 3 aromatic carbocycles. The fraction of sp³-hybridized carbons (Fsp3) is 0.250. The molecule has 3 aromatic rings. The van der Waals surface area contributed by atoms with Crippen molar-refractivity contribution in [1.29, 1.82) is 0 Å². The predicted molar refractivity (Wildman–Crippen MR) is 137 cm³/mol. The summed E-state index contributed by atoms with van der Waals surface area (Å²) in [7, 11) is 1.61. The Labute approximate surface area is 206 Å². The fourth-order valence-corrected chi connectivity index (χ4v) is 4.32. The van der Waals surface area contributed by atoms with E-state index in [2.05, 4.69) is 41.6 Å². The van der Waals surface area contributed by atoms with Crippen LogP contribution in [0.15, 0.2) is 78.9 Å². The van der Waals surface area contributed by atoms with Crippen LogP contribution in [0, 0.1) is 0 Å². The van der Waals surface area contributed by atoms with Crippen molar-refractivity contribution in [1.82, 2.24) is 10.7 Å². The van der Waals surface area contributed by atoms with Gasteiger partial charge in [0, 0.05) is 35.5 Å². The van der Waals surface area contributed by atoms with E-state index in [1.54, 1.807) is 36.1 Å². The third-order valence-corrected chi connectivity index (χ3v) is 6.23. The molecular weight excluding hydrogens is 440 g/mol. The molecule has 0 unspecified atom stereocenters. The van der Waals surface area contributed by atoms with Gasteiger partial charge in [0.05, 0.1) is 7.11 Å². The number of anilines is 1. The lowest BCUT2D eigenvalue weighted by atomic mass is 9.99. The van der Waals surface area contributed by atoms with Crippen molar-refractivity contribution in [2.45, 2.75) is 25.9 Å². The van der Waals surface area contributed by atoms with Crippen molar-refractivity contribution in [2.24, 2.45) is 0 Å². The number of nitrogens with zero attached hydrogens (tertiary/aromatic N) is 2. The molecule has 1 aliphatic rings. The Morgan fingerprint density at radius 2 is 1.66 bits per heavy atom. The number of ether oxygens (including phenoxy) is 1. The zero-order chi connectivity index (χ0) is 24.8. The third kappa shape index (κ3) is 5.35. The summed E-state index contributed by atoms with van der Waals surface area (Å²) in [5.74, 6) is 0.152. The Hall–Kier alpha value is -4.13. The van der Waals surface area contributed by atoms with Crippen LogP contribution in [0.5, 0.6) is 5.75 Å². The number of hydrazine groups is 1. The van der Waals surface area contributed by atoms with Gasteiger partial charge in [0.1, 0.15) is 5.75 Å². The van der Waals surface area contributed by atoms with Gasteiger partial charge in [-0.3, -0.25) is 9.59 Å². The van der Waals surface area contributed by atoms with E-state index >= 15 is 0 Å². The first-order valence-corrected chi connectivity index (χ1v) is 11.8. The Bertz CT molecular complexity index is 1190. The maximum atomic E-state index is 13.1. The first-order chi connectivity index (χ1) is 17.0. The average molecular weight is 472 g/mol. The molecule has 1 fully saturated rings. The molecule has 7 heteroatoms. The molecule has 0 saturated carbocycles. The summed E-state index contributed by atoms with van der Waals surface area (Å²) in [6.45, 7) is 6.13. The smallest absolute Gasteiger partial charge is 0.304 e. The molecule has 0 bridgehead atoms. The number of rotatable bonds is 8. The van der Waals surface area contributed by atoms with Gasteiger partial charge >= 0.3 is 5.91 Å². The number of carbonyl (C=O) groups excluding carboxylic acids is 2. The highest BCUT2D eigenvalue weighted by atomic mass is 16.5. The second-order valence-electron chi connectivity index (χ2n) is 8.31. The molecule has 0 aliphatic carbocycles. The lowest BCUT2D eigenvalue weighted by Crippen LogP contribution is -2.42. The van der Waals surface area contributed by atoms with Crippen molar-refractivity contribution in [3.05, 3.63) is 95.6 Å². The molecule has 1 saturated heterocycles. The number of benzene rings is 3. The van der Waals surface area contributed by atoms with Gasteiger partial charge in [-0.05, 0) is 74.5 Å². The van der Waals surface area contributed by atoms with Crippen LogP contribution in [0.1, 0.15) is 41.4 Å². The van der Waals surface area contributed by atoms with Crippen LogP contribution < -0.4 is 20.4 Å². The molecule has 7 nitrogen and oxygen atoms in total. The second kappa shape index (κ2) is 10.9. The van der Waals surface area contributed by atoms with Crippen LogP contribution >= 0.6 is 0 Å². The topological polar surface area (TPSA) is 73.7 Å². The Morgan fingerprint density at radius 1 is 1.00 bits per heavy atom. The second-order valence-corrected chi connectivity index (χ2v) is 8.31. The third-order valence-electron chi connectivity index (χ3n) is 6.23. The Kier molecular flexibility index (Phi) is 7.45. The molecule has 180 valence electrons. The minimum Gasteiger partial charge on any atom is -0.497 e. The summed E-state index contributed by atoms with van der Waals surface area (Å²) in [6.07, 6.45) is 1.90. The van der Waals surface area contributed by atoms with E-state index in [4.69, 9.17) is 4.74 Å². The van der Waals surface area contributed by atoms with Gasteiger partial charge in [0.2, 0.25) is 12.3 Å². The average Bonchev–Trinajstić information content (AvgIpc) is 3.20. The molecule has 2 atom stereocenters. The van der Waals surface area contributed by atoms with Crippen LogP contribution in [0.25, 0.3) is 0 Å². The van der Waals surface area contributed by atoms with Crippen LogP contribution in [-0.4, -0.2) is 49.0 Å². The van der Waals surface area contributed by atoms with Gasteiger partial charge < -0.3 is 15.0 Å². The molecule has 0 radical (unpaired) electrons. The molecule has 1 heterocycles. The molecule has 0 spiro atoms. The number of methoxy groups -OCH3 is 1. The quantitative estimate of drug-likeness (QED) is 0.493. The highest BCUT2D eigenvalue weighted by Crippen LogP contribution is 2.27. The van der Waals surface area contributed by atoms with E-state index in [1.807, 2.05) is 48.7 Å². The summed E-state index contributed by atoms with van der Waals surface area (Å²) >= 11 is 0. The minimum absolute atomic E-state index is 0.272. The maximum Gasteiger partial charge on any atom is 0.304 e. The minimum atomic E-state index is -0.776. The van der Waals surface area contributed by atoms with E-state index < -0.39 is 12.1 Å². The number of hydrazone groups is 1. The number of amides is 2. The van der Waals surface area contributed by atoms with Crippen LogP contribution in [-0.2, 0) is 4.79 Å². The molecule has 2 N–H and O–H groups in total. The van der Waals surface area contributed by atoms with Crippen molar-refractivity contribution in [3.63, 3.8) is 0 Å². The van der Waals surface area contributed by atoms with Crippen LogP contribution in [0.4, 0.5) is 5.69 Å². The van der Waals surface area contributed by atoms with Gasteiger partial charge in [0.15, 0.2) is 6.04 Å². The number of nitrogens with one attached hydrogen (secondary N) is 2. The van der Waals surface area contributed by atoms with Gasteiger partial charge in [0.25, 0.3) is 5.91 Å². The number of hydrogen-bond donors (Lipinski definition) is 2. The van der Waals surface area contributed by atoms with E-state index in [-0.39, 0.29) is 11.8 Å². The predicted octanol–water partition coefficient (Wildman–Crippen LogP) is 3.56. The Balaban J connectivity index is 1.67. The molecule has 35 heavy (non-hydrogen) atoms. The van der Waals surface area contributed by atoms with Crippen molar-refractivity contribution >= 4 is 23.7 Å². The zero-order valence-electron chi connectivity index (χ0n) is 20.3. The van der Waals surface area contributed by atoms with Gasteiger partial charge in [-0.1, -0.05) is 18.2 Å². The van der Waals surface area contributed by atoms with Crippen molar-refractivity contribution in [2.75, 3.05) is 25.1 Å². The van der Waals surface area contributed by atoms with Crippen LogP contribution in [0.3, 0.4) is 0 Å². The van der Waals surface area contributed by atoms with E-state index in [1.165, 1.54) is 0 Å². The summed E-state index contributed by atoms with van der Waals surface area (Å²) in [5.41, 5.74) is 6.40. The summed E-state index contributed by atoms with van der Waals surface area (Å²) in [4.78, 5) is 28.2. The van der Waals surface area contributed by atoms with E-state index in [0.717, 1.165) is 35.7 Å². The zero-order valence-corrected chi connectivity index (χ0v) is 20.3. The number of carbonyl (C=O) groups is 2. The maximum absolute atomic E-state index is 13.1. The summed E-state index contributed by atoms with van der Waals surface area (Å²) in [5, 5.41) is 2.93. The van der Waals surface area contributed by atoms with Crippen molar-refractivity contribution in [3.8, 4) is 5.75 Å². The standard InChI is InChI=1S/C28H30N4O3/c1-4-31(5-2)23-15-11-20(12-16-23)19-32-26(21-13-17-24(35-3)18-14-21)25(28(34)30-32)29-27(33)22-9-7-6-8-10-22/h6-19,25-26H,4-5H2,1-3H3,(H-,29,30,33,34)/p+1/t25-,26+/m0/s1. The SMILES string of the molecule is CCN(CC)c1ccc(/C=[N+]2\NC(=O)[C@@H](NC(=O)c3ccccc3)[C@H]2c2ccc(OC)cc2)cc1. The molecule has 4 rings (SSSR count). The van der Waals surface area contributed by atoms with Gasteiger partial charge in [-0.2, -0.15) is 0 Å². The summed E-state index contributed by atoms with van der Waals surface area (Å²) < 4.78 is 7.07. The lowest BCUT2D eigenvalue weighted by Gasteiger charge is -2.20. The van der Waals surface area contributed by atoms with Crippen LogP contribution in [0.2, 0.25) is 0 Å². The fourth-order valence-electron chi connectivity index (χ4n) is 4.32. The first-order valence-electron chi connectivity index (χ1n) is 11.8. The highest BCUT2D eigenvalue weighted by molar-refractivity contribution is 5.98. The first kappa shape index (κ1) is 24.0. The summed E-state index contributed by atoms with van der Waals surface area (Å²) in [6, 6.07) is 23.4. The number of hydrogen-bond acceptors (Lipinski definition) is 4. The lowest BCUT2D eigenvalue weighted by molar-refractivity contribution is -0.596. The van der Waals surface area contributed by atoms with E-state index in [9.17, 15) is 9.59 Å². The molecular formula is C28H31N4O3+. The highest BCUT2D eigenvalue weighted by Gasteiger charge is 2.47. The van der Waals surface area contributed by atoms with Gasteiger partial charge in [-0.15, -0.1) is 10.1 Å². The normalized spacial score (nSPS) is 18.3.